The first-order valence-corrected chi connectivity index (χ1v) is 7.49. The average molecular weight is 322 g/mol. The first-order chi connectivity index (χ1) is 8.78. The standard InChI is InChI=1S/C13H12BrN3S/c1-2-17-10-6-4-3-5-9(10)15-12(17)7-13-16-11(14)8-18-13/h3-6,8H,2,7H2,1H3. The highest BCUT2D eigenvalue weighted by molar-refractivity contribution is 9.10. The van der Waals surface area contributed by atoms with Crippen molar-refractivity contribution in [3.63, 3.8) is 0 Å². The topological polar surface area (TPSA) is 30.7 Å². The molecule has 0 unspecified atom stereocenters. The molecule has 1 aromatic carbocycles. The highest BCUT2D eigenvalue weighted by Crippen LogP contribution is 2.21. The number of hydrogen-bond donors (Lipinski definition) is 0. The minimum Gasteiger partial charge on any atom is -0.328 e. The SMILES string of the molecule is CCn1c(Cc2nc(Br)cs2)nc2ccccc21. The molecule has 0 aliphatic carbocycles. The van der Waals surface area contributed by atoms with Crippen LogP contribution < -0.4 is 0 Å². The molecule has 0 fully saturated rings. The Labute approximate surface area is 118 Å². The van der Waals surface area contributed by atoms with Gasteiger partial charge in [0, 0.05) is 11.9 Å². The molecular formula is C13H12BrN3S. The Morgan fingerprint density at radius 1 is 1.28 bits per heavy atom. The maximum Gasteiger partial charge on any atom is 0.117 e. The zero-order valence-corrected chi connectivity index (χ0v) is 12.3. The highest BCUT2D eigenvalue weighted by atomic mass is 79.9. The van der Waals surface area contributed by atoms with E-state index in [0.29, 0.717) is 0 Å². The van der Waals surface area contributed by atoms with Crippen molar-refractivity contribution in [2.24, 2.45) is 0 Å². The molecule has 0 radical (unpaired) electrons. The van der Waals surface area contributed by atoms with Crippen LogP contribution in [0, 0.1) is 0 Å². The highest BCUT2D eigenvalue weighted by Gasteiger charge is 2.11. The summed E-state index contributed by atoms with van der Waals surface area (Å²) in [7, 11) is 0. The van der Waals surface area contributed by atoms with Crippen molar-refractivity contribution in [2.75, 3.05) is 0 Å². The third-order valence-corrected chi connectivity index (χ3v) is 4.44. The maximum absolute atomic E-state index is 4.70. The summed E-state index contributed by atoms with van der Waals surface area (Å²) in [5.74, 6) is 1.08. The van der Waals surface area contributed by atoms with Gasteiger partial charge in [-0.2, -0.15) is 0 Å². The van der Waals surface area contributed by atoms with Crippen molar-refractivity contribution in [1.29, 1.82) is 0 Å². The van der Waals surface area contributed by atoms with Gasteiger partial charge in [0.1, 0.15) is 15.4 Å². The molecule has 0 aliphatic heterocycles. The summed E-state index contributed by atoms with van der Waals surface area (Å²) in [5.41, 5.74) is 2.26. The van der Waals surface area contributed by atoms with E-state index in [1.165, 1.54) is 5.52 Å². The predicted octanol–water partition coefficient (Wildman–Crippen LogP) is 3.87. The van der Waals surface area contributed by atoms with Crippen LogP contribution in [0.4, 0.5) is 0 Å². The van der Waals surface area contributed by atoms with E-state index in [1.54, 1.807) is 11.3 Å². The van der Waals surface area contributed by atoms with Crippen LogP contribution in [0.1, 0.15) is 17.8 Å². The molecule has 0 amide bonds. The number of aromatic nitrogens is 3. The minimum absolute atomic E-state index is 0.790. The maximum atomic E-state index is 4.70. The van der Waals surface area contributed by atoms with Gasteiger partial charge in [0.15, 0.2) is 0 Å². The first kappa shape index (κ1) is 11.9. The Morgan fingerprint density at radius 2 is 2.11 bits per heavy atom. The molecule has 3 rings (SSSR count). The molecule has 2 aromatic heterocycles. The fourth-order valence-corrected chi connectivity index (χ4v) is 3.38. The number of fused-ring (bicyclic) bond motifs is 1. The van der Waals surface area contributed by atoms with E-state index in [1.807, 2.05) is 11.4 Å². The Bertz CT molecular complexity index is 686. The number of nitrogens with zero attached hydrogens (tertiary/aromatic N) is 3. The van der Waals surface area contributed by atoms with E-state index in [4.69, 9.17) is 4.98 Å². The van der Waals surface area contributed by atoms with Gasteiger partial charge in [0.25, 0.3) is 0 Å². The van der Waals surface area contributed by atoms with Crippen molar-refractivity contribution in [3.05, 3.63) is 45.1 Å². The fraction of sp³-hybridized carbons (Fsp3) is 0.231. The van der Waals surface area contributed by atoms with Crippen LogP contribution in [-0.2, 0) is 13.0 Å². The number of hydrogen-bond acceptors (Lipinski definition) is 3. The number of aryl methyl sites for hydroxylation is 1. The quantitative estimate of drug-likeness (QED) is 0.733. The lowest BCUT2D eigenvalue weighted by molar-refractivity contribution is 0.732. The second-order valence-corrected chi connectivity index (χ2v) is 5.76. The van der Waals surface area contributed by atoms with Gasteiger partial charge in [0.2, 0.25) is 0 Å². The summed E-state index contributed by atoms with van der Waals surface area (Å²) in [6.45, 7) is 3.08. The van der Waals surface area contributed by atoms with Crippen LogP contribution in [0.2, 0.25) is 0 Å². The smallest absolute Gasteiger partial charge is 0.117 e. The zero-order valence-electron chi connectivity index (χ0n) is 9.93. The number of benzene rings is 1. The molecule has 3 aromatic rings. The lowest BCUT2D eigenvalue weighted by Crippen LogP contribution is -2.02. The molecule has 0 atom stereocenters. The molecule has 92 valence electrons. The average Bonchev–Trinajstić information content (AvgIpc) is 2.92. The molecule has 18 heavy (non-hydrogen) atoms. The van der Waals surface area contributed by atoms with Crippen LogP contribution in [-0.4, -0.2) is 14.5 Å². The molecule has 5 heteroatoms. The molecule has 0 aliphatic rings. The summed E-state index contributed by atoms with van der Waals surface area (Å²) in [6, 6.07) is 8.26. The van der Waals surface area contributed by atoms with Crippen molar-refractivity contribution in [2.45, 2.75) is 19.9 Å². The van der Waals surface area contributed by atoms with Gasteiger partial charge in [-0.3, -0.25) is 0 Å². The molecule has 0 N–H and O–H groups in total. The summed E-state index contributed by atoms with van der Waals surface area (Å²) in [6.07, 6.45) is 0.790. The van der Waals surface area contributed by atoms with Gasteiger partial charge in [-0.1, -0.05) is 12.1 Å². The monoisotopic (exact) mass is 321 g/mol. The van der Waals surface area contributed by atoms with E-state index in [9.17, 15) is 0 Å². The summed E-state index contributed by atoms with van der Waals surface area (Å²) < 4.78 is 3.16. The molecule has 0 saturated carbocycles. The van der Waals surface area contributed by atoms with Gasteiger partial charge in [0.05, 0.1) is 17.5 Å². The molecular weight excluding hydrogens is 310 g/mol. The second kappa shape index (κ2) is 4.82. The van der Waals surface area contributed by atoms with E-state index < -0.39 is 0 Å². The number of thiazole rings is 1. The van der Waals surface area contributed by atoms with E-state index in [0.717, 1.165) is 33.9 Å². The normalized spacial score (nSPS) is 11.2. The van der Waals surface area contributed by atoms with Crippen LogP contribution in [0.3, 0.4) is 0 Å². The lowest BCUT2D eigenvalue weighted by Gasteiger charge is -2.03. The van der Waals surface area contributed by atoms with E-state index in [-0.39, 0.29) is 0 Å². The fourth-order valence-electron chi connectivity index (χ4n) is 2.12. The minimum atomic E-state index is 0.790. The summed E-state index contributed by atoms with van der Waals surface area (Å²) in [5, 5.41) is 3.10. The van der Waals surface area contributed by atoms with Gasteiger partial charge < -0.3 is 4.57 Å². The second-order valence-electron chi connectivity index (χ2n) is 4.00. The lowest BCUT2D eigenvalue weighted by atomic mass is 10.3. The molecule has 0 bridgehead atoms. The third-order valence-electron chi connectivity index (χ3n) is 2.88. The zero-order chi connectivity index (χ0) is 12.5. The van der Waals surface area contributed by atoms with Gasteiger partial charge in [-0.25, -0.2) is 9.97 Å². The number of para-hydroxylation sites is 2. The predicted molar refractivity (Wildman–Crippen MR) is 78.0 cm³/mol. The number of rotatable bonds is 3. The Morgan fingerprint density at radius 3 is 2.83 bits per heavy atom. The molecule has 3 nitrogen and oxygen atoms in total. The van der Waals surface area contributed by atoms with Crippen molar-refractivity contribution in [3.8, 4) is 0 Å². The molecule has 0 spiro atoms. The van der Waals surface area contributed by atoms with Gasteiger partial charge >= 0.3 is 0 Å². The summed E-state index contributed by atoms with van der Waals surface area (Å²) in [4.78, 5) is 9.14. The largest absolute Gasteiger partial charge is 0.328 e. The number of imidazole rings is 1. The van der Waals surface area contributed by atoms with Gasteiger partial charge in [-0.15, -0.1) is 11.3 Å². The van der Waals surface area contributed by atoms with Gasteiger partial charge in [-0.05, 0) is 35.0 Å². The Hall–Kier alpha value is -1.20. The van der Waals surface area contributed by atoms with E-state index in [2.05, 4.69) is 50.6 Å². The van der Waals surface area contributed by atoms with E-state index >= 15 is 0 Å². The van der Waals surface area contributed by atoms with Crippen LogP contribution in [0.15, 0.2) is 34.2 Å². The Kier molecular flexibility index (Phi) is 3.18. The molecule has 2 heterocycles. The van der Waals surface area contributed by atoms with Crippen LogP contribution >= 0.6 is 27.3 Å². The van der Waals surface area contributed by atoms with Crippen molar-refractivity contribution in [1.82, 2.24) is 14.5 Å². The molecule has 0 saturated heterocycles. The van der Waals surface area contributed by atoms with Crippen molar-refractivity contribution >= 4 is 38.3 Å². The summed E-state index contributed by atoms with van der Waals surface area (Å²) >= 11 is 5.05. The Balaban J connectivity index is 2.05. The number of halogens is 1. The van der Waals surface area contributed by atoms with Crippen molar-refractivity contribution < 1.29 is 0 Å². The third kappa shape index (κ3) is 2.08. The van der Waals surface area contributed by atoms with Crippen LogP contribution in [0.5, 0.6) is 0 Å². The first-order valence-electron chi connectivity index (χ1n) is 5.82. The van der Waals surface area contributed by atoms with Crippen LogP contribution in [0.25, 0.3) is 11.0 Å².